The SMILES string of the molecule is CCCCN(c1ccccc1)S(=O)(=O)c1ccc(F)c(F)c1F. The van der Waals surface area contributed by atoms with Gasteiger partial charge in [0.15, 0.2) is 17.5 Å². The molecule has 0 heterocycles. The normalized spacial score (nSPS) is 11.5. The van der Waals surface area contributed by atoms with Crippen molar-refractivity contribution >= 4 is 15.7 Å². The summed E-state index contributed by atoms with van der Waals surface area (Å²) in [4.78, 5) is -0.878. The molecule has 23 heavy (non-hydrogen) atoms. The molecule has 0 N–H and O–H groups in total. The smallest absolute Gasteiger partial charge is 0.266 e. The van der Waals surface area contributed by atoms with Gasteiger partial charge in [-0.2, -0.15) is 0 Å². The highest BCUT2D eigenvalue weighted by molar-refractivity contribution is 7.92. The van der Waals surface area contributed by atoms with Crippen LogP contribution < -0.4 is 4.31 Å². The average Bonchev–Trinajstić information content (AvgIpc) is 2.53. The van der Waals surface area contributed by atoms with Gasteiger partial charge in [-0.05, 0) is 30.7 Å². The molecule has 0 unspecified atom stereocenters. The summed E-state index contributed by atoms with van der Waals surface area (Å²) in [5, 5.41) is 0. The second-order valence-corrected chi connectivity index (χ2v) is 6.77. The van der Waals surface area contributed by atoms with Crippen molar-refractivity contribution in [3.63, 3.8) is 0 Å². The van der Waals surface area contributed by atoms with Crippen LogP contribution in [0.2, 0.25) is 0 Å². The monoisotopic (exact) mass is 343 g/mol. The van der Waals surface area contributed by atoms with E-state index in [1.165, 1.54) is 0 Å². The minimum absolute atomic E-state index is 0.112. The Hall–Kier alpha value is -2.02. The maximum absolute atomic E-state index is 13.9. The zero-order chi connectivity index (χ0) is 17.0. The quantitative estimate of drug-likeness (QED) is 0.741. The van der Waals surface area contributed by atoms with Gasteiger partial charge in [0.05, 0.1) is 5.69 Å². The summed E-state index contributed by atoms with van der Waals surface area (Å²) in [5.74, 6) is -4.93. The Morgan fingerprint density at radius 3 is 2.22 bits per heavy atom. The molecule has 0 aromatic heterocycles. The van der Waals surface area contributed by atoms with Crippen LogP contribution in [0.3, 0.4) is 0 Å². The topological polar surface area (TPSA) is 37.4 Å². The maximum atomic E-state index is 13.9. The van der Waals surface area contributed by atoms with Crippen molar-refractivity contribution in [2.24, 2.45) is 0 Å². The number of benzene rings is 2. The van der Waals surface area contributed by atoms with E-state index in [9.17, 15) is 21.6 Å². The van der Waals surface area contributed by atoms with Crippen molar-refractivity contribution in [3.8, 4) is 0 Å². The van der Waals surface area contributed by atoms with E-state index in [4.69, 9.17) is 0 Å². The number of hydrogen-bond donors (Lipinski definition) is 0. The first kappa shape index (κ1) is 17.3. The van der Waals surface area contributed by atoms with Gasteiger partial charge in [0.1, 0.15) is 4.90 Å². The lowest BCUT2D eigenvalue weighted by Gasteiger charge is -2.24. The summed E-state index contributed by atoms with van der Waals surface area (Å²) in [7, 11) is -4.34. The van der Waals surface area contributed by atoms with Crippen molar-refractivity contribution in [1.82, 2.24) is 0 Å². The molecule has 0 aliphatic rings. The third kappa shape index (κ3) is 3.50. The molecule has 0 saturated carbocycles. The molecule has 0 aliphatic carbocycles. The van der Waals surface area contributed by atoms with Crippen molar-refractivity contribution in [2.45, 2.75) is 24.7 Å². The summed E-state index contributed by atoms with van der Waals surface area (Å²) in [6.45, 7) is 2.00. The number of unbranched alkanes of at least 4 members (excludes halogenated alkanes) is 1. The van der Waals surface area contributed by atoms with E-state index in [-0.39, 0.29) is 6.54 Å². The van der Waals surface area contributed by atoms with Gasteiger partial charge in [-0.15, -0.1) is 0 Å². The summed E-state index contributed by atoms with van der Waals surface area (Å²) in [6, 6.07) is 9.47. The molecule has 3 nitrogen and oxygen atoms in total. The van der Waals surface area contributed by atoms with E-state index in [0.29, 0.717) is 18.2 Å². The van der Waals surface area contributed by atoms with Crippen LogP contribution in [-0.4, -0.2) is 15.0 Å². The second-order valence-electron chi connectivity index (χ2n) is 4.94. The molecule has 0 bridgehead atoms. The van der Waals surface area contributed by atoms with Gasteiger partial charge >= 0.3 is 0 Å². The van der Waals surface area contributed by atoms with Crippen LogP contribution in [0, 0.1) is 17.5 Å². The lowest BCUT2D eigenvalue weighted by molar-refractivity contribution is 0.432. The first-order valence-electron chi connectivity index (χ1n) is 7.11. The maximum Gasteiger partial charge on any atom is 0.267 e. The minimum atomic E-state index is -4.34. The largest absolute Gasteiger partial charge is 0.267 e. The summed E-state index contributed by atoms with van der Waals surface area (Å²) in [5.41, 5.74) is 0.338. The van der Waals surface area contributed by atoms with Gasteiger partial charge in [0.25, 0.3) is 10.0 Å². The highest BCUT2D eigenvalue weighted by Gasteiger charge is 2.30. The number of hydrogen-bond acceptors (Lipinski definition) is 2. The zero-order valence-corrected chi connectivity index (χ0v) is 13.3. The molecule has 2 rings (SSSR count). The van der Waals surface area contributed by atoms with Gasteiger partial charge in [0.2, 0.25) is 0 Å². The first-order valence-corrected chi connectivity index (χ1v) is 8.55. The molecular weight excluding hydrogens is 327 g/mol. The van der Waals surface area contributed by atoms with E-state index >= 15 is 0 Å². The molecule has 0 saturated heterocycles. The molecule has 124 valence electrons. The molecular formula is C16H16F3NO2S. The van der Waals surface area contributed by atoms with E-state index in [0.717, 1.165) is 16.8 Å². The summed E-state index contributed by atoms with van der Waals surface area (Å²) >= 11 is 0. The fraction of sp³-hybridized carbons (Fsp3) is 0.250. The Morgan fingerprint density at radius 2 is 1.61 bits per heavy atom. The summed E-state index contributed by atoms with van der Waals surface area (Å²) < 4.78 is 66.8. The van der Waals surface area contributed by atoms with E-state index in [1.54, 1.807) is 30.3 Å². The zero-order valence-electron chi connectivity index (χ0n) is 12.5. The number of para-hydroxylation sites is 1. The Bertz CT molecular complexity index is 779. The van der Waals surface area contributed by atoms with Crippen LogP contribution in [-0.2, 0) is 10.0 Å². The highest BCUT2D eigenvalue weighted by Crippen LogP contribution is 2.27. The Balaban J connectivity index is 2.55. The van der Waals surface area contributed by atoms with Crippen LogP contribution in [0.15, 0.2) is 47.4 Å². The predicted molar refractivity (Wildman–Crippen MR) is 82.2 cm³/mol. The third-order valence-corrected chi connectivity index (χ3v) is 5.17. The lowest BCUT2D eigenvalue weighted by Crippen LogP contribution is -2.32. The van der Waals surface area contributed by atoms with Crippen LogP contribution in [0.25, 0.3) is 0 Å². The Labute approximate surface area is 133 Å². The number of halogens is 3. The number of nitrogens with zero attached hydrogens (tertiary/aromatic N) is 1. The molecule has 0 spiro atoms. The van der Waals surface area contributed by atoms with E-state index in [1.807, 2.05) is 6.92 Å². The van der Waals surface area contributed by atoms with E-state index < -0.39 is 32.4 Å². The van der Waals surface area contributed by atoms with Crippen LogP contribution in [0.5, 0.6) is 0 Å². The van der Waals surface area contributed by atoms with Crippen molar-refractivity contribution in [3.05, 3.63) is 59.9 Å². The second kappa shape index (κ2) is 7.04. The van der Waals surface area contributed by atoms with Gasteiger partial charge < -0.3 is 0 Å². The molecule has 0 amide bonds. The average molecular weight is 343 g/mol. The van der Waals surface area contributed by atoms with Crippen LogP contribution >= 0.6 is 0 Å². The lowest BCUT2D eigenvalue weighted by atomic mass is 10.3. The summed E-state index contributed by atoms with van der Waals surface area (Å²) in [6.07, 6.45) is 1.26. The molecule has 0 fully saturated rings. The Kier molecular flexibility index (Phi) is 5.30. The van der Waals surface area contributed by atoms with Gasteiger partial charge in [-0.1, -0.05) is 31.5 Å². The fourth-order valence-corrected chi connectivity index (χ4v) is 3.67. The van der Waals surface area contributed by atoms with E-state index in [2.05, 4.69) is 0 Å². The first-order chi connectivity index (χ1) is 10.9. The number of rotatable bonds is 6. The Morgan fingerprint density at radius 1 is 0.957 bits per heavy atom. The van der Waals surface area contributed by atoms with Crippen LogP contribution in [0.1, 0.15) is 19.8 Å². The molecule has 2 aromatic rings. The van der Waals surface area contributed by atoms with Crippen molar-refractivity contribution < 1.29 is 21.6 Å². The molecule has 0 radical (unpaired) electrons. The molecule has 7 heteroatoms. The number of sulfonamides is 1. The number of anilines is 1. The standard InChI is InChI=1S/C16H16F3NO2S/c1-2-3-11-20(12-7-5-4-6-8-12)23(21,22)14-10-9-13(17)15(18)16(14)19/h4-10H,2-3,11H2,1H3. The highest BCUT2D eigenvalue weighted by atomic mass is 32.2. The predicted octanol–water partition coefficient (Wildman–Crippen LogP) is 4.10. The van der Waals surface area contributed by atoms with Gasteiger partial charge in [-0.25, -0.2) is 21.6 Å². The molecule has 2 aromatic carbocycles. The van der Waals surface area contributed by atoms with Crippen molar-refractivity contribution in [1.29, 1.82) is 0 Å². The minimum Gasteiger partial charge on any atom is -0.266 e. The van der Waals surface area contributed by atoms with Crippen LogP contribution in [0.4, 0.5) is 18.9 Å². The molecule has 0 atom stereocenters. The molecule has 0 aliphatic heterocycles. The van der Waals surface area contributed by atoms with Crippen molar-refractivity contribution in [2.75, 3.05) is 10.8 Å². The fourth-order valence-electron chi connectivity index (χ4n) is 2.11. The van der Waals surface area contributed by atoms with Gasteiger partial charge in [0, 0.05) is 6.54 Å². The van der Waals surface area contributed by atoms with Gasteiger partial charge in [-0.3, -0.25) is 4.31 Å². The third-order valence-electron chi connectivity index (χ3n) is 3.33.